The molecule has 0 N–H and O–H groups in total. The van der Waals surface area contributed by atoms with Crippen molar-refractivity contribution < 1.29 is 8.91 Å². The Kier molecular flexibility index (Phi) is 2.31. The number of aromatic nitrogens is 1. The molecule has 0 aliphatic rings. The van der Waals surface area contributed by atoms with E-state index in [1.54, 1.807) is 6.07 Å². The average Bonchev–Trinajstić information content (AvgIpc) is 2.49. The molecule has 0 saturated carbocycles. The summed E-state index contributed by atoms with van der Waals surface area (Å²) < 4.78 is 18.7. The largest absolute Gasteiger partial charge is 0.361 e. The van der Waals surface area contributed by atoms with Crippen LogP contribution >= 0.6 is 0 Å². The Morgan fingerprint density at radius 2 is 1.93 bits per heavy atom. The molecule has 0 aliphatic carbocycles. The fraction of sp³-hybridized carbons (Fsp3) is 0.250. The van der Waals surface area contributed by atoms with Gasteiger partial charge in [0.05, 0.1) is 0 Å². The first-order valence-electron chi connectivity index (χ1n) is 4.79. The third kappa shape index (κ3) is 1.54. The molecule has 0 fully saturated rings. The van der Waals surface area contributed by atoms with Crippen LogP contribution in [0.25, 0.3) is 11.3 Å². The third-order valence-electron chi connectivity index (χ3n) is 2.62. The van der Waals surface area contributed by atoms with E-state index in [4.69, 9.17) is 4.52 Å². The maximum absolute atomic E-state index is 13.6. The number of hydrogen-bond donors (Lipinski definition) is 0. The van der Waals surface area contributed by atoms with Crippen LogP contribution in [-0.2, 0) is 0 Å². The summed E-state index contributed by atoms with van der Waals surface area (Å²) >= 11 is 0. The van der Waals surface area contributed by atoms with Crippen molar-refractivity contribution in [2.75, 3.05) is 0 Å². The molecule has 3 heteroatoms. The molecule has 1 aromatic carbocycles. The van der Waals surface area contributed by atoms with Gasteiger partial charge in [-0.2, -0.15) is 0 Å². The lowest BCUT2D eigenvalue weighted by Gasteiger charge is -2.03. The highest BCUT2D eigenvalue weighted by Gasteiger charge is 2.16. The highest BCUT2D eigenvalue weighted by molar-refractivity contribution is 5.67. The monoisotopic (exact) mass is 205 g/mol. The first kappa shape index (κ1) is 9.90. The predicted molar refractivity (Wildman–Crippen MR) is 56.1 cm³/mol. The van der Waals surface area contributed by atoms with Crippen molar-refractivity contribution in [1.29, 1.82) is 0 Å². The fourth-order valence-electron chi connectivity index (χ4n) is 1.58. The predicted octanol–water partition coefficient (Wildman–Crippen LogP) is 3.41. The van der Waals surface area contributed by atoms with Crippen molar-refractivity contribution in [3.63, 3.8) is 0 Å². The van der Waals surface area contributed by atoms with Crippen LogP contribution in [0.4, 0.5) is 4.39 Å². The molecule has 2 aromatic rings. The van der Waals surface area contributed by atoms with E-state index in [2.05, 4.69) is 5.16 Å². The SMILES string of the molecule is Cc1cccc(F)c1-c1noc(C)c1C. The zero-order valence-corrected chi connectivity index (χ0v) is 8.97. The lowest BCUT2D eigenvalue weighted by molar-refractivity contribution is 0.398. The van der Waals surface area contributed by atoms with Crippen molar-refractivity contribution in [1.82, 2.24) is 5.16 Å². The van der Waals surface area contributed by atoms with Crippen LogP contribution in [0.1, 0.15) is 16.9 Å². The summed E-state index contributed by atoms with van der Waals surface area (Å²) in [5.74, 6) is 0.471. The summed E-state index contributed by atoms with van der Waals surface area (Å²) in [6.07, 6.45) is 0. The molecule has 2 rings (SSSR count). The summed E-state index contributed by atoms with van der Waals surface area (Å²) in [6.45, 7) is 5.57. The Hall–Kier alpha value is -1.64. The molecular weight excluding hydrogens is 193 g/mol. The summed E-state index contributed by atoms with van der Waals surface area (Å²) in [7, 11) is 0. The number of nitrogens with zero attached hydrogens (tertiary/aromatic N) is 1. The van der Waals surface area contributed by atoms with E-state index in [9.17, 15) is 4.39 Å². The standard InChI is InChI=1S/C12H12FNO/c1-7-5-4-6-10(13)11(7)12-8(2)9(3)15-14-12/h4-6H,1-3H3. The molecule has 78 valence electrons. The van der Waals surface area contributed by atoms with E-state index >= 15 is 0 Å². The number of aryl methyl sites for hydroxylation is 2. The first-order chi connectivity index (χ1) is 7.11. The molecule has 0 amide bonds. The summed E-state index contributed by atoms with van der Waals surface area (Å²) in [5.41, 5.74) is 2.89. The quantitative estimate of drug-likeness (QED) is 0.713. The van der Waals surface area contributed by atoms with Crippen LogP contribution in [0.15, 0.2) is 22.7 Å². The minimum Gasteiger partial charge on any atom is -0.361 e. The Bertz CT molecular complexity index is 482. The van der Waals surface area contributed by atoms with Crippen LogP contribution in [0.3, 0.4) is 0 Å². The Morgan fingerprint density at radius 1 is 1.20 bits per heavy atom. The molecule has 0 unspecified atom stereocenters. The normalized spacial score (nSPS) is 10.7. The van der Waals surface area contributed by atoms with Gasteiger partial charge in [-0.05, 0) is 32.4 Å². The number of benzene rings is 1. The Labute approximate surface area is 87.7 Å². The van der Waals surface area contributed by atoms with Gasteiger partial charge in [-0.1, -0.05) is 17.3 Å². The molecule has 1 aromatic heterocycles. The van der Waals surface area contributed by atoms with Gasteiger partial charge in [0.15, 0.2) is 0 Å². The number of halogens is 1. The average molecular weight is 205 g/mol. The Morgan fingerprint density at radius 3 is 2.47 bits per heavy atom. The molecule has 1 heterocycles. The minimum atomic E-state index is -0.258. The smallest absolute Gasteiger partial charge is 0.137 e. The van der Waals surface area contributed by atoms with Crippen LogP contribution in [0, 0.1) is 26.6 Å². The lowest BCUT2D eigenvalue weighted by Crippen LogP contribution is -1.90. The third-order valence-corrected chi connectivity index (χ3v) is 2.62. The molecule has 2 nitrogen and oxygen atoms in total. The van der Waals surface area contributed by atoms with Gasteiger partial charge in [0.25, 0.3) is 0 Å². The highest BCUT2D eigenvalue weighted by Crippen LogP contribution is 2.29. The highest BCUT2D eigenvalue weighted by atomic mass is 19.1. The van der Waals surface area contributed by atoms with E-state index < -0.39 is 0 Å². The van der Waals surface area contributed by atoms with Gasteiger partial charge in [0.2, 0.25) is 0 Å². The van der Waals surface area contributed by atoms with Crippen LogP contribution in [0.5, 0.6) is 0 Å². The topological polar surface area (TPSA) is 26.0 Å². The zero-order chi connectivity index (χ0) is 11.0. The van der Waals surface area contributed by atoms with Gasteiger partial charge in [0.1, 0.15) is 17.3 Å². The minimum absolute atomic E-state index is 0.258. The van der Waals surface area contributed by atoms with E-state index in [1.165, 1.54) is 6.07 Å². The van der Waals surface area contributed by atoms with Gasteiger partial charge >= 0.3 is 0 Å². The van der Waals surface area contributed by atoms with Gasteiger partial charge in [-0.25, -0.2) is 4.39 Å². The first-order valence-corrected chi connectivity index (χ1v) is 4.79. The van der Waals surface area contributed by atoms with E-state index in [-0.39, 0.29) is 5.82 Å². The maximum Gasteiger partial charge on any atom is 0.137 e. The van der Waals surface area contributed by atoms with E-state index in [0.29, 0.717) is 11.3 Å². The zero-order valence-electron chi connectivity index (χ0n) is 8.97. The number of hydrogen-bond acceptors (Lipinski definition) is 2. The number of rotatable bonds is 1. The second-order valence-electron chi connectivity index (χ2n) is 3.64. The van der Waals surface area contributed by atoms with Crippen molar-refractivity contribution in [3.8, 4) is 11.3 Å². The molecule has 0 atom stereocenters. The van der Waals surface area contributed by atoms with Crippen LogP contribution < -0.4 is 0 Å². The van der Waals surface area contributed by atoms with Crippen LogP contribution in [-0.4, -0.2) is 5.16 Å². The van der Waals surface area contributed by atoms with Gasteiger partial charge in [-0.15, -0.1) is 0 Å². The second kappa shape index (κ2) is 3.50. The molecule has 0 radical (unpaired) electrons. The fourth-order valence-corrected chi connectivity index (χ4v) is 1.58. The summed E-state index contributed by atoms with van der Waals surface area (Å²) in [6, 6.07) is 4.99. The second-order valence-corrected chi connectivity index (χ2v) is 3.64. The summed E-state index contributed by atoms with van der Waals surface area (Å²) in [4.78, 5) is 0. The van der Waals surface area contributed by atoms with E-state index in [0.717, 1.165) is 16.9 Å². The Balaban J connectivity index is 2.69. The van der Waals surface area contributed by atoms with Gasteiger partial charge in [0, 0.05) is 11.1 Å². The molecule has 0 spiro atoms. The van der Waals surface area contributed by atoms with Crippen molar-refractivity contribution in [2.24, 2.45) is 0 Å². The maximum atomic E-state index is 13.6. The van der Waals surface area contributed by atoms with Crippen molar-refractivity contribution >= 4 is 0 Å². The van der Waals surface area contributed by atoms with Gasteiger partial charge in [-0.3, -0.25) is 0 Å². The molecule has 0 bridgehead atoms. The molecule has 0 saturated heterocycles. The van der Waals surface area contributed by atoms with Gasteiger partial charge < -0.3 is 4.52 Å². The van der Waals surface area contributed by atoms with E-state index in [1.807, 2.05) is 26.8 Å². The van der Waals surface area contributed by atoms with Crippen molar-refractivity contribution in [2.45, 2.75) is 20.8 Å². The van der Waals surface area contributed by atoms with Crippen LogP contribution in [0.2, 0.25) is 0 Å². The molecule has 15 heavy (non-hydrogen) atoms. The molecular formula is C12H12FNO. The summed E-state index contributed by atoms with van der Waals surface area (Å²) in [5, 5.41) is 3.89. The van der Waals surface area contributed by atoms with Crippen molar-refractivity contribution in [3.05, 3.63) is 40.9 Å². The molecule has 0 aliphatic heterocycles. The lowest BCUT2D eigenvalue weighted by atomic mass is 10.0.